The SMILES string of the molecule is CCC(C)(N)c1ncccc1Cl. The lowest BCUT2D eigenvalue weighted by Gasteiger charge is -2.22. The van der Waals surface area contributed by atoms with Crippen molar-refractivity contribution in [3.63, 3.8) is 0 Å². The molecular formula is C9H13ClN2. The van der Waals surface area contributed by atoms with Crippen LogP contribution in [0.3, 0.4) is 0 Å². The van der Waals surface area contributed by atoms with E-state index in [0.29, 0.717) is 5.02 Å². The highest BCUT2D eigenvalue weighted by molar-refractivity contribution is 6.31. The van der Waals surface area contributed by atoms with Crippen molar-refractivity contribution in [2.75, 3.05) is 0 Å². The Kier molecular flexibility index (Phi) is 2.70. The lowest BCUT2D eigenvalue weighted by atomic mass is 9.95. The maximum absolute atomic E-state index is 5.99. The largest absolute Gasteiger partial charge is 0.320 e. The topological polar surface area (TPSA) is 38.9 Å². The minimum Gasteiger partial charge on any atom is -0.320 e. The molecule has 0 aliphatic rings. The summed E-state index contributed by atoms with van der Waals surface area (Å²) in [5.74, 6) is 0. The van der Waals surface area contributed by atoms with Gasteiger partial charge in [0.15, 0.2) is 0 Å². The van der Waals surface area contributed by atoms with Crippen LogP contribution < -0.4 is 5.73 Å². The second-order valence-corrected chi connectivity index (χ2v) is 3.51. The van der Waals surface area contributed by atoms with Crippen LogP contribution in [-0.4, -0.2) is 4.98 Å². The molecule has 0 saturated carbocycles. The predicted octanol–water partition coefficient (Wildman–Crippen LogP) is 2.32. The highest BCUT2D eigenvalue weighted by Gasteiger charge is 2.22. The quantitative estimate of drug-likeness (QED) is 0.766. The monoisotopic (exact) mass is 184 g/mol. The Labute approximate surface area is 77.8 Å². The lowest BCUT2D eigenvalue weighted by molar-refractivity contribution is 0.462. The van der Waals surface area contributed by atoms with Crippen LogP contribution in [0.5, 0.6) is 0 Å². The van der Waals surface area contributed by atoms with E-state index in [1.54, 1.807) is 12.3 Å². The smallest absolute Gasteiger partial charge is 0.0785 e. The maximum Gasteiger partial charge on any atom is 0.0785 e. The van der Waals surface area contributed by atoms with Crippen LogP contribution in [0, 0.1) is 0 Å². The van der Waals surface area contributed by atoms with E-state index in [-0.39, 0.29) is 0 Å². The lowest BCUT2D eigenvalue weighted by Crippen LogP contribution is -2.33. The Hall–Kier alpha value is -0.600. The van der Waals surface area contributed by atoms with E-state index in [4.69, 9.17) is 17.3 Å². The van der Waals surface area contributed by atoms with Gasteiger partial charge >= 0.3 is 0 Å². The fourth-order valence-electron chi connectivity index (χ4n) is 0.973. The number of nitrogens with two attached hydrogens (primary N) is 1. The molecule has 1 heterocycles. The van der Waals surface area contributed by atoms with Gasteiger partial charge in [0.2, 0.25) is 0 Å². The molecule has 1 atom stereocenters. The Morgan fingerprint density at radius 2 is 2.33 bits per heavy atom. The average Bonchev–Trinajstić information content (AvgIpc) is 2.05. The molecule has 2 N–H and O–H groups in total. The van der Waals surface area contributed by atoms with Gasteiger partial charge in [-0.3, -0.25) is 4.98 Å². The summed E-state index contributed by atoms with van der Waals surface area (Å²) in [5.41, 5.74) is 6.35. The first-order valence-corrected chi connectivity index (χ1v) is 4.35. The molecular weight excluding hydrogens is 172 g/mol. The fraction of sp³-hybridized carbons (Fsp3) is 0.444. The number of rotatable bonds is 2. The molecule has 0 fully saturated rings. The summed E-state index contributed by atoms with van der Waals surface area (Å²) in [5, 5.41) is 0.643. The molecule has 0 radical (unpaired) electrons. The summed E-state index contributed by atoms with van der Waals surface area (Å²) in [6, 6.07) is 3.61. The summed E-state index contributed by atoms with van der Waals surface area (Å²) in [4.78, 5) is 4.16. The summed E-state index contributed by atoms with van der Waals surface area (Å²) in [7, 11) is 0. The fourth-order valence-corrected chi connectivity index (χ4v) is 1.31. The standard InChI is InChI=1S/C9H13ClN2/c1-3-9(2,11)8-7(10)5-4-6-12-8/h4-6H,3,11H2,1-2H3. The minimum absolute atomic E-state index is 0.418. The molecule has 0 aromatic carbocycles. The van der Waals surface area contributed by atoms with E-state index in [2.05, 4.69) is 4.98 Å². The van der Waals surface area contributed by atoms with E-state index in [1.165, 1.54) is 0 Å². The van der Waals surface area contributed by atoms with Crippen LogP contribution in [0.2, 0.25) is 5.02 Å². The molecule has 1 unspecified atom stereocenters. The van der Waals surface area contributed by atoms with Crippen molar-refractivity contribution in [2.45, 2.75) is 25.8 Å². The van der Waals surface area contributed by atoms with Crippen LogP contribution in [0.25, 0.3) is 0 Å². The molecule has 0 bridgehead atoms. The molecule has 0 aliphatic heterocycles. The summed E-state index contributed by atoms with van der Waals surface area (Å²) < 4.78 is 0. The summed E-state index contributed by atoms with van der Waals surface area (Å²) in [6.45, 7) is 3.95. The third-order valence-corrected chi connectivity index (χ3v) is 2.34. The normalized spacial score (nSPS) is 15.7. The molecule has 66 valence electrons. The number of nitrogens with zero attached hydrogens (tertiary/aromatic N) is 1. The number of pyridine rings is 1. The van der Waals surface area contributed by atoms with Crippen LogP contribution in [0.1, 0.15) is 26.0 Å². The third kappa shape index (κ3) is 1.76. The minimum atomic E-state index is -0.418. The molecule has 0 spiro atoms. The Bertz CT molecular complexity index is 271. The van der Waals surface area contributed by atoms with Gasteiger partial charge < -0.3 is 5.73 Å². The van der Waals surface area contributed by atoms with Crippen LogP contribution in [0.4, 0.5) is 0 Å². The van der Waals surface area contributed by atoms with Crippen molar-refractivity contribution in [2.24, 2.45) is 5.73 Å². The summed E-state index contributed by atoms with van der Waals surface area (Å²) in [6.07, 6.45) is 2.53. The van der Waals surface area contributed by atoms with Crippen LogP contribution >= 0.6 is 11.6 Å². The average molecular weight is 185 g/mol. The van der Waals surface area contributed by atoms with E-state index in [9.17, 15) is 0 Å². The molecule has 0 aliphatic carbocycles. The van der Waals surface area contributed by atoms with Crippen molar-refractivity contribution in [1.29, 1.82) is 0 Å². The van der Waals surface area contributed by atoms with Crippen molar-refractivity contribution >= 4 is 11.6 Å². The van der Waals surface area contributed by atoms with Crippen LogP contribution in [-0.2, 0) is 5.54 Å². The first kappa shape index (κ1) is 9.49. The summed E-state index contributed by atoms with van der Waals surface area (Å²) >= 11 is 5.95. The molecule has 2 nitrogen and oxygen atoms in total. The van der Waals surface area contributed by atoms with Gasteiger partial charge in [0.25, 0.3) is 0 Å². The predicted molar refractivity (Wildman–Crippen MR) is 51.1 cm³/mol. The maximum atomic E-state index is 5.99. The van der Waals surface area contributed by atoms with Crippen molar-refractivity contribution < 1.29 is 0 Å². The molecule has 0 saturated heterocycles. The van der Waals surface area contributed by atoms with Crippen molar-refractivity contribution in [3.05, 3.63) is 29.0 Å². The number of halogens is 1. The zero-order valence-corrected chi connectivity index (χ0v) is 8.10. The van der Waals surface area contributed by atoms with Gasteiger partial charge in [-0.25, -0.2) is 0 Å². The van der Waals surface area contributed by atoms with Crippen LogP contribution in [0.15, 0.2) is 18.3 Å². The molecule has 1 rings (SSSR count). The molecule has 1 aromatic heterocycles. The van der Waals surface area contributed by atoms with E-state index >= 15 is 0 Å². The molecule has 1 aromatic rings. The van der Waals surface area contributed by atoms with Crippen molar-refractivity contribution in [1.82, 2.24) is 4.98 Å². The Balaban J connectivity index is 3.10. The zero-order chi connectivity index (χ0) is 9.19. The first-order chi connectivity index (χ1) is 5.58. The van der Waals surface area contributed by atoms with Gasteiger partial charge in [-0.05, 0) is 25.5 Å². The van der Waals surface area contributed by atoms with E-state index in [1.807, 2.05) is 19.9 Å². The second-order valence-electron chi connectivity index (χ2n) is 3.10. The van der Waals surface area contributed by atoms with Gasteiger partial charge in [-0.2, -0.15) is 0 Å². The molecule has 0 amide bonds. The van der Waals surface area contributed by atoms with E-state index in [0.717, 1.165) is 12.1 Å². The Morgan fingerprint density at radius 3 is 2.83 bits per heavy atom. The second kappa shape index (κ2) is 3.42. The Morgan fingerprint density at radius 1 is 1.67 bits per heavy atom. The molecule has 3 heteroatoms. The van der Waals surface area contributed by atoms with Gasteiger partial charge in [0.1, 0.15) is 0 Å². The highest BCUT2D eigenvalue weighted by Crippen LogP contribution is 2.25. The molecule has 12 heavy (non-hydrogen) atoms. The van der Waals surface area contributed by atoms with E-state index < -0.39 is 5.54 Å². The van der Waals surface area contributed by atoms with Gasteiger partial charge in [0, 0.05) is 6.20 Å². The van der Waals surface area contributed by atoms with Gasteiger partial charge in [-0.15, -0.1) is 0 Å². The van der Waals surface area contributed by atoms with Gasteiger partial charge in [-0.1, -0.05) is 18.5 Å². The number of hydrogen-bond donors (Lipinski definition) is 1. The zero-order valence-electron chi connectivity index (χ0n) is 7.34. The first-order valence-electron chi connectivity index (χ1n) is 3.98. The number of hydrogen-bond acceptors (Lipinski definition) is 2. The highest BCUT2D eigenvalue weighted by atomic mass is 35.5. The van der Waals surface area contributed by atoms with Crippen molar-refractivity contribution in [3.8, 4) is 0 Å². The van der Waals surface area contributed by atoms with Gasteiger partial charge in [0.05, 0.1) is 16.3 Å². The number of aromatic nitrogens is 1. The third-order valence-electron chi connectivity index (χ3n) is 2.03.